The normalized spacial score (nSPS) is 21.7. The molecule has 0 aromatic heterocycles. The number of aliphatic hydroxyl groups is 1. The van der Waals surface area contributed by atoms with Gasteiger partial charge in [0, 0.05) is 47.7 Å². The zero-order valence-electron chi connectivity index (χ0n) is 41.7. The van der Waals surface area contributed by atoms with Gasteiger partial charge in [-0.15, -0.1) is 0 Å². The fourth-order valence-electron chi connectivity index (χ4n) is 9.84. The van der Waals surface area contributed by atoms with E-state index in [0.717, 1.165) is 6.42 Å². The van der Waals surface area contributed by atoms with Gasteiger partial charge in [0.15, 0.2) is 5.78 Å². The Morgan fingerprint density at radius 2 is 1.53 bits per heavy atom. The molecule has 1 aromatic rings. The van der Waals surface area contributed by atoms with Crippen molar-refractivity contribution in [2.24, 2.45) is 29.6 Å². The van der Waals surface area contributed by atoms with E-state index in [-0.39, 0.29) is 72.2 Å². The summed E-state index contributed by atoms with van der Waals surface area (Å²) in [7, 11) is 6.34. The van der Waals surface area contributed by atoms with E-state index in [2.05, 4.69) is 23.3 Å². The molecule has 3 unspecified atom stereocenters. The molecule has 2 aliphatic rings. The number of likely N-dealkylation sites (tertiary alicyclic amines) is 1. The lowest BCUT2D eigenvalue weighted by Gasteiger charge is -2.41. The van der Waals surface area contributed by atoms with E-state index in [0.29, 0.717) is 50.6 Å². The average molecular weight is 944 g/mol. The number of carbonyl (C=O) groups excluding carboxylic acids is 7. The summed E-state index contributed by atoms with van der Waals surface area (Å²) in [5, 5.41) is 16.3. The van der Waals surface area contributed by atoms with E-state index in [9.17, 15) is 38.7 Å². The maximum absolute atomic E-state index is 14.6. The second-order valence-electron chi connectivity index (χ2n) is 19.4. The SMILES string of the molecule is CC[C@H](C)[C@@H]([C@@H](CC(=O)N1CCC[C@H]1[C@H](OC)[C@@H](C)C(=O)N[C@H](C)[C@@H](O)c1ccccc1)OC)N(C)C(=O)[C@@H](NC(=O)C(C(C)C)N(C)C(=O)CCCCCC1C(=O)CC(S)C1=O)C(C)C. The molecular weight excluding hydrogens is 863 g/mol. The number of hydrogen-bond donors (Lipinski definition) is 4. The maximum atomic E-state index is 14.6. The zero-order chi connectivity index (χ0) is 49.6. The monoisotopic (exact) mass is 944 g/mol. The van der Waals surface area contributed by atoms with E-state index < -0.39 is 71.5 Å². The smallest absolute Gasteiger partial charge is 0.245 e. The lowest BCUT2D eigenvalue weighted by molar-refractivity contribution is -0.148. The number of ether oxygens (including phenoxy) is 2. The predicted molar refractivity (Wildman–Crippen MR) is 257 cm³/mol. The molecule has 0 bridgehead atoms. The number of methoxy groups -OCH3 is 2. The number of Topliss-reactive ketones (excluding diaryl/α,β-unsaturated/α-hetero) is 2. The highest BCUT2D eigenvalue weighted by molar-refractivity contribution is 7.81. The third-order valence-corrected chi connectivity index (χ3v) is 14.5. The first-order chi connectivity index (χ1) is 31.1. The van der Waals surface area contributed by atoms with Gasteiger partial charge in [-0.25, -0.2) is 0 Å². The molecule has 1 saturated carbocycles. The van der Waals surface area contributed by atoms with Crippen LogP contribution in [0, 0.1) is 29.6 Å². The second kappa shape index (κ2) is 26.6. The standard InChI is InChI=1S/C50H81N5O10S/c1-13-31(6)44(38(64-11)28-41(58)55-26-20-24-36(55)47(65-12)32(7)48(61)51-33(8)45(59)34-21-16-14-17-22-34)54(10)50(63)42(29(2)3)52-49(62)43(30(4)5)53(9)40(57)25-19-15-18-23-35-37(56)27-39(66)46(35)60/h14,16-17,21-22,29-33,35-36,38-39,42-45,47,59,66H,13,15,18-20,23-28H2,1-12H3,(H,51,61)(H,52,62)/t31-,32+,33+,35?,36-,38+,39?,42-,43?,44-,45+,47+/m0/s1. The van der Waals surface area contributed by atoms with Gasteiger partial charge in [0.25, 0.3) is 0 Å². The average Bonchev–Trinajstić information content (AvgIpc) is 3.86. The maximum Gasteiger partial charge on any atom is 0.245 e. The number of carbonyl (C=O) groups is 7. The van der Waals surface area contributed by atoms with Gasteiger partial charge in [0.1, 0.15) is 17.9 Å². The Kier molecular flexibility index (Phi) is 22.8. The summed E-state index contributed by atoms with van der Waals surface area (Å²) in [6.07, 6.45) is 2.38. The Balaban J connectivity index is 1.70. The van der Waals surface area contributed by atoms with E-state index in [1.807, 2.05) is 59.7 Å². The fourth-order valence-corrected chi connectivity index (χ4v) is 10.2. The van der Waals surface area contributed by atoms with Crippen molar-refractivity contribution < 1.29 is 48.1 Å². The fraction of sp³-hybridized carbons (Fsp3) is 0.740. The molecule has 1 heterocycles. The van der Waals surface area contributed by atoms with Crippen molar-refractivity contribution in [3.63, 3.8) is 0 Å². The molecule has 15 nitrogen and oxygen atoms in total. The molecule has 0 spiro atoms. The summed E-state index contributed by atoms with van der Waals surface area (Å²) in [5.74, 6) is -3.64. The quantitative estimate of drug-likeness (QED) is 0.0547. The van der Waals surface area contributed by atoms with Gasteiger partial charge >= 0.3 is 0 Å². The van der Waals surface area contributed by atoms with Crippen LogP contribution >= 0.6 is 12.6 Å². The predicted octanol–water partition coefficient (Wildman–Crippen LogP) is 5.18. The van der Waals surface area contributed by atoms with Gasteiger partial charge in [-0.1, -0.05) is 98.1 Å². The lowest BCUT2D eigenvalue weighted by Crippen LogP contribution is -2.60. The first kappa shape index (κ1) is 56.5. The van der Waals surface area contributed by atoms with Crippen molar-refractivity contribution in [3.05, 3.63) is 35.9 Å². The van der Waals surface area contributed by atoms with Crippen LogP contribution in [0.3, 0.4) is 0 Å². The minimum Gasteiger partial charge on any atom is -0.386 e. The number of nitrogens with zero attached hydrogens (tertiary/aromatic N) is 3. The second-order valence-corrected chi connectivity index (χ2v) is 20.0. The molecule has 1 aliphatic heterocycles. The first-order valence-corrected chi connectivity index (χ1v) is 24.6. The van der Waals surface area contributed by atoms with Gasteiger partial charge in [-0.3, -0.25) is 33.6 Å². The Hall–Kier alpha value is -3.86. The third kappa shape index (κ3) is 14.6. The number of unbranched alkanes of at least 4 members (excludes halogenated alkanes) is 2. The molecule has 372 valence electrons. The number of amides is 5. The van der Waals surface area contributed by atoms with Crippen LogP contribution in [0.1, 0.15) is 131 Å². The molecule has 0 radical (unpaired) electrons. The number of nitrogens with one attached hydrogen (secondary N) is 2. The molecule has 5 amide bonds. The summed E-state index contributed by atoms with van der Waals surface area (Å²) >= 11 is 4.21. The van der Waals surface area contributed by atoms with Crippen LogP contribution in [0.5, 0.6) is 0 Å². The van der Waals surface area contributed by atoms with Crippen molar-refractivity contribution in [1.82, 2.24) is 25.3 Å². The summed E-state index contributed by atoms with van der Waals surface area (Å²) in [5.41, 5.74) is 0.689. The molecule has 1 aliphatic carbocycles. The molecule has 16 heteroatoms. The Bertz CT molecular complexity index is 1780. The highest BCUT2D eigenvalue weighted by atomic mass is 32.1. The Morgan fingerprint density at radius 3 is 2.08 bits per heavy atom. The number of benzene rings is 1. The molecule has 2 fully saturated rings. The molecule has 3 rings (SSSR count). The molecular formula is C50H81N5O10S. The lowest BCUT2D eigenvalue weighted by atomic mass is 9.89. The molecule has 66 heavy (non-hydrogen) atoms. The minimum atomic E-state index is -0.945. The van der Waals surface area contributed by atoms with E-state index in [1.165, 1.54) is 19.1 Å². The van der Waals surface area contributed by atoms with Gasteiger partial charge in [0.2, 0.25) is 29.5 Å². The number of hydrogen-bond acceptors (Lipinski definition) is 11. The van der Waals surface area contributed by atoms with E-state index in [1.54, 1.807) is 49.9 Å². The first-order valence-electron chi connectivity index (χ1n) is 24.1. The van der Waals surface area contributed by atoms with Crippen molar-refractivity contribution >= 4 is 53.7 Å². The largest absolute Gasteiger partial charge is 0.386 e. The van der Waals surface area contributed by atoms with Gasteiger partial charge < -0.3 is 39.9 Å². The van der Waals surface area contributed by atoms with Crippen LogP contribution in [0.2, 0.25) is 0 Å². The number of aliphatic hydroxyl groups excluding tert-OH is 1. The molecule has 3 N–H and O–H groups in total. The number of likely N-dealkylation sites (N-methyl/N-ethyl adjacent to an activating group) is 2. The van der Waals surface area contributed by atoms with Crippen LogP contribution in [-0.2, 0) is 43.0 Å². The van der Waals surface area contributed by atoms with Crippen molar-refractivity contribution in [3.8, 4) is 0 Å². The highest BCUT2D eigenvalue weighted by Gasteiger charge is 2.44. The number of rotatable bonds is 26. The minimum absolute atomic E-state index is 0.0368. The third-order valence-electron chi connectivity index (χ3n) is 14.0. The number of ketones is 2. The van der Waals surface area contributed by atoms with Gasteiger partial charge in [-0.05, 0) is 55.9 Å². The van der Waals surface area contributed by atoms with Crippen LogP contribution in [0.15, 0.2) is 30.3 Å². The Morgan fingerprint density at radius 1 is 0.879 bits per heavy atom. The van der Waals surface area contributed by atoms with Crippen molar-refractivity contribution in [2.45, 2.75) is 173 Å². The van der Waals surface area contributed by atoms with Crippen molar-refractivity contribution in [1.29, 1.82) is 0 Å². The zero-order valence-corrected chi connectivity index (χ0v) is 42.6. The summed E-state index contributed by atoms with van der Waals surface area (Å²) < 4.78 is 12.0. The molecule has 1 aromatic carbocycles. The summed E-state index contributed by atoms with van der Waals surface area (Å²) in [4.78, 5) is 99.2. The van der Waals surface area contributed by atoms with Crippen LogP contribution in [-0.4, -0.2) is 143 Å². The van der Waals surface area contributed by atoms with E-state index >= 15 is 0 Å². The van der Waals surface area contributed by atoms with E-state index in [4.69, 9.17) is 9.47 Å². The van der Waals surface area contributed by atoms with Crippen LogP contribution < -0.4 is 10.6 Å². The number of thiol groups is 1. The van der Waals surface area contributed by atoms with Crippen LogP contribution in [0.25, 0.3) is 0 Å². The molecule has 1 saturated heterocycles. The Labute approximate surface area is 399 Å². The van der Waals surface area contributed by atoms with Gasteiger partial charge in [-0.2, -0.15) is 12.6 Å². The van der Waals surface area contributed by atoms with Gasteiger partial charge in [0.05, 0.1) is 59.9 Å². The van der Waals surface area contributed by atoms with Crippen molar-refractivity contribution in [2.75, 3.05) is 34.9 Å². The molecule has 12 atom stereocenters. The highest BCUT2D eigenvalue weighted by Crippen LogP contribution is 2.31. The summed E-state index contributed by atoms with van der Waals surface area (Å²) in [6.45, 7) is 15.4. The summed E-state index contributed by atoms with van der Waals surface area (Å²) in [6, 6.07) is 5.81. The topological polar surface area (TPSA) is 192 Å². The van der Waals surface area contributed by atoms with Crippen LogP contribution in [0.4, 0.5) is 0 Å².